The lowest BCUT2D eigenvalue weighted by Crippen LogP contribution is -2.29. The minimum Gasteiger partial charge on any atom is -0.507 e. The molecule has 0 bridgehead atoms. The molecule has 0 radical (unpaired) electrons. The van der Waals surface area contributed by atoms with Gasteiger partial charge in [-0.1, -0.05) is 11.3 Å². The molecule has 1 aliphatic heterocycles. The molecule has 3 heterocycles. The number of hydrogen-bond donors (Lipinski definition) is 1. The van der Waals surface area contributed by atoms with Crippen LogP contribution < -0.4 is 14.4 Å². The lowest BCUT2D eigenvalue weighted by atomic mass is 9.96. The first kappa shape index (κ1) is 22.5. The number of fused-ring (bicyclic) bond motifs is 1. The molecule has 2 aromatic heterocycles. The Morgan fingerprint density at radius 1 is 1.06 bits per heavy atom. The van der Waals surface area contributed by atoms with E-state index < -0.39 is 17.7 Å². The third-order valence-electron chi connectivity index (χ3n) is 5.70. The second-order valence-corrected chi connectivity index (χ2v) is 8.75. The van der Waals surface area contributed by atoms with Gasteiger partial charge in [0.1, 0.15) is 17.3 Å². The van der Waals surface area contributed by atoms with Crippen LogP contribution in [0.5, 0.6) is 11.5 Å². The molecule has 1 saturated heterocycles. The van der Waals surface area contributed by atoms with Gasteiger partial charge in [-0.3, -0.25) is 19.5 Å². The molecule has 4 aromatic rings. The highest BCUT2D eigenvalue weighted by Gasteiger charge is 2.48. The Labute approximate surface area is 205 Å². The predicted octanol–water partition coefficient (Wildman–Crippen LogP) is 4.72. The fourth-order valence-electron chi connectivity index (χ4n) is 4.04. The highest BCUT2D eigenvalue weighted by atomic mass is 32.1. The number of aromatic nitrogens is 2. The Balaban J connectivity index is 1.66. The van der Waals surface area contributed by atoms with E-state index in [-0.39, 0.29) is 11.3 Å². The quantitative estimate of drug-likeness (QED) is 0.238. The SMILES string of the molecule is CCOc1ccc(/C(O)=C2\C(=O)C(=O)N(c3nc4ccc(OC)cc4s3)C2c2ccncc2)cc1. The summed E-state index contributed by atoms with van der Waals surface area (Å²) in [5.41, 5.74) is 1.69. The fourth-order valence-corrected chi connectivity index (χ4v) is 5.07. The number of aliphatic hydroxyl groups excluding tert-OH is 1. The second-order valence-electron chi connectivity index (χ2n) is 7.74. The van der Waals surface area contributed by atoms with Gasteiger partial charge in [-0.15, -0.1) is 0 Å². The third-order valence-corrected chi connectivity index (χ3v) is 6.71. The summed E-state index contributed by atoms with van der Waals surface area (Å²) in [5.74, 6) is -0.505. The summed E-state index contributed by atoms with van der Waals surface area (Å²) in [4.78, 5) is 36.6. The van der Waals surface area contributed by atoms with Crippen LogP contribution >= 0.6 is 11.3 Å². The summed E-state index contributed by atoms with van der Waals surface area (Å²) < 4.78 is 11.6. The molecular weight excluding hydrogens is 466 g/mol. The number of aliphatic hydroxyl groups is 1. The van der Waals surface area contributed by atoms with Gasteiger partial charge >= 0.3 is 5.91 Å². The first-order valence-electron chi connectivity index (χ1n) is 10.9. The number of benzene rings is 2. The molecule has 1 amide bonds. The van der Waals surface area contributed by atoms with E-state index in [2.05, 4.69) is 9.97 Å². The van der Waals surface area contributed by atoms with Gasteiger partial charge in [0.05, 0.1) is 35.5 Å². The van der Waals surface area contributed by atoms with Crippen LogP contribution in [0.3, 0.4) is 0 Å². The number of ketones is 1. The molecular formula is C26H21N3O5S. The van der Waals surface area contributed by atoms with Crippen LogP contribution in [-0.4, -0.2) is 40.5 Å². The lowest BCUT2D eigenvalue weighted by Gasteiger charge is -2.22. The van der Waals surface area contributed by atoms with Gasteiger partial charge in [0.25, 0.3) is 5.78 Å². The van der Waals surface area contributed by atoms with Crippen LogP contribution in [0.2, 0.25) is 0 Å². The van der Waals surface area contributed by atoms with Crippen molar-refractivity contribution in [3.05, 3.63) is 83.7 Å². The third kappa shape index (κ3) is 4.00. The maximum absolute atomic E-state index is 13.3. The van der Waals surface area contributed by atoms with Crippen LogP contribution in [0, 0.1) is 0 Å². The number of thiazole rings is 1. The van der Waals surface area contributed by atoms with E-state index in [1.165, 1.54) is 16.2 Å². The number of Topliss-reactive ketones (excluding diaryl/α,β-unsaturated/α-hetero) is 1. The Morgan fingerprint density at radius 2 is 1.77 bits per heavy atom. The number of pyridine rings is 1. The number of anilines is 1. The standard InChI is InChI=1S/C26H21N3O5S/c1-3-34-17-6-4-16(5-7-17)23(30)21-22(15-10-12-27-13-11-15)29(25(32)24(21)31)26-28-19-9-8-18(33-2)14-20(19)35-26/h4-14,22,30H,3H2,1-2H3/b23-21+. The van der Waals surface area contributed by atoms with Crippen molar-refractivity contribution in [2.24, 2.45) is 0 Å². The van der Waals surface area contributed by atoms with Crippen LogP contribution in [-0.2, 0) is 9.59 Å². The van der Waals surface area contributed by atoms with Crippen molar-refractivity contribution >= 4 is 44.1 Å². The van der Waals surface area contributed by atoms with Gasteiger partial charge in [0, 0.05) is 18.0 Å². The summed E-state index contributed by atoms with van der Waals surface area (Å²) in [6.07, 6.45) is 3.16. The average Bonchev–Trinajstić information content (AvgIpc) is 3.42. The highest BCUT2D eigenvalue weighted by molar-refractivity contribution is 7.22. The maximum Gasteiger partial charge on any atom is 0.301 e. The molecule has 1 unspecified atom stereocenters. The molecule has 1 atom stereocenters. The van der Waals surface area contributed by atoms with Gasteiger partial charge in [0.15, 0.2) is 5.13 Å². The number of nitrogens with zero attached hydrogens (tertiary/aromatic N) is 3. The predicted molar refractivity (Wildman–Crippen MR) is 133 cm³/mol. The van der Waals surface area contributed by atoms with Crippen LogP contribution in [0.4, 0.5) is 5.13 Å². The van der Waals surface area contributed by atoms with Crippen molar-refractivity contribution in [3.63, 3.8) is 0 Å². The van der Waals surface area contributed by atoms with Crippen LogP contribution in [0.1, 0.15) is 24.1 Å². The molecule has 5 rings (SSSR count). The van der Waals surface area contributed by atoms with Crippen molar-refractivity contribution in [2.45, 2.75) is 13.0 Å². The van der Waals surface area contributed by atoms with Gasteiger partial charge in [-0.2, -0.15) is 0 Å². The second kappa shape index (κ2) is 9.19. The molecule has 1 N–H and O–H groups in total. The molecule has 0 aliphatic carbocycles. The lowest BCUT2D eigenvalue weighted by molar-refractivity contribution is -0.132. The summed E-state index contributed by atoms with van der Waals surface area (Å²) in [6, 6.07) is 14.7. The van der Waals surface area contributed by atoms with E-state index in [1.54, 1.807) is 68.0 Å². The average molecular weight is 488 g/mol. The van der Waals surface area contributed by atoms with E-state index in [0.29, 0.717) is 39.9 Å². The summed E-state index contributed by atoms with van der Waals surface area (Å²) in [7, 11) is 1.58. The number of carbonyl (C=O) groups is 2. The summed E-state index contributed by atoms with van der Waals surface area (Å²) in [6.45, 7) is 2.38. The number of amides is 1. The fraction of sp³-hybridized carbons (Fsp3) is 0.154. The summed E-state index contributed by atoms with van der Waals surface area (Å²) >= 11 is 1.27. The zero-order valence-corrected chi connectivity index (χ0v) is 19.8. The number of methoxy groups -OCH3 is 1. The Kier molecular flexibility index (Phi) is 5.92. The van der Waals surface area contributed by atoms with Gasteiger partial charge < -0.3 is 14.6 Å². The molecule has 35 heavy (non-hydrogen) atoms. The van der Waals surface area contributed by atoms with Gasteiger partial charge in [0.2, 0.25) is 0 Å². The normalized spacial score (nSPS) is 17.2. The van der Waals surface area contributed by atoms with E-state index >= 15 is 0 Å². The molecule has 8 nitrogen and oxygen atoms in total. The molecule has 9 heteroatoms. The maximum atomic E-state index is 13.3. The zero-order valence-electron chi connectivity index (χ0n) is 19.0. The topological polar surface area (TPSA) is 102 Å². The molecule has 1 fully saturated rings. The minimum absolute atomic E-state index is 0.0119. The number of rotatable bonds is 6. The highest BCUT2D eigenvalue weighted by Crippen LogP contribution is 2.44. The van der Waals surface area contributed by atoms with Crippen molar-refractivity contribution in [3.8, 4) is 11.5 Å². The number of carbonyl (C=O) groups excluding carboxylic acids is 2. The van der Waals surface area contributed by atoms with Crippen molar-refractivity contribution < 1.29 is 24.2 Å². The first-order valence-corrected chi connectivity index (χ1v) is 11.7. The Morgan fingerprint density at radius 3 is 2.46 bits per heavy atom. The number of hydrogen-bond acceptors (Lipinski definition) is 8. The van der Waals surface area contributed by atoms with Crippen molar-refractivity contribution in [2.75, 3.05) is 18.6 Å². The molecule has 0 spiro atoms. The summed E-state index contributed by atoms with van der Waals surface area (Å²) in [5, 5.41) is 11.6. The molecule has 1 aliphatic rings. The Hall–Kier alpha value is -4.24. The van der Waals surface area contributed by atoms with E-state index in [4.69, 9.17) is 9.47 Å². The zero-order chi connectivity index (χ0) is 24.5. The van der Waals surface area contributed by atoms with Gasteiger partial charge in [-0.25, -0.2) is 4.98 Å². The molecule has 2 aromatic carbocycles. The van der Waals surface area contributed by atoms with Crippen molar-refractivity contribution in [1.82, 2.24) is 9.97 Å². The monoisotopic (exact) mass is 487 g/mol. The largest absolute Gasteiger partial charge is 0.507 e. The first-order chi connectivity index (χ1) is 17.0. The van der Waals surface area contributed by atoms with Crippen molar-refractivity contribution in [1.29, 1.82) is 0 Å². The molecule has 0 saturated carbocycles. The van der Waals surface area contributed by atoms with Gasteiger partial charge in [-0.05, 0) is 67.1 Å². The number of ether oxygens (including phenoxy) is 2. The Bertz CT molecular complexity index is 1450. The van der Waals surface area contributed by atoms with E-state index in [1.807, 2.05) is 13.0 Å². The van der Waals surface area contributed by atoms with Crippen LogP contribution in [0.15, 0.2) is 72.6 Å². The minimum atomic E-state index is -0.868. The van der Waals surface area contributed by atoms with Crippen LogP contribution in [0.25, 0.3) is 16.0 Å². The molecule has 176 valence electrons. The smallest absolute Gasteiger partial charge is 0.301 e. The van der Waals surface area contributed by atoms with E-state index in [0.717, 1.165) is 4.70 Å². The van der Waals surface area contributed by atoms with E-state index in [9.17, 15) is 14.7 Å².